The number of hydrogen-bond acceptors (Lipinski definition) is 4. The highest BCUT2D eigenvalue weighted by Crippen LogP contribution is 2.36. The monoisotopic (exact) mass is 351 g/mol. The SMILES string of the molecule is O=S(=O)(Cc1ccc(F)cc1)NCC1(O)CCOc2ccccc21. The van der Waals surface area contributed by atoms with E-state index in [9.17, 15) is 17.9 Å². The van der Waals surface area contributed by atoms with Crippen LogP contribution in [0.1, 0.15) is 17.5 Å². The average Bonchev–Trinajstić information content (AvgIpc) is 2.56. The predicted octanol–water partition coefficient (Wildman–Crippen LogP) is 1.92. The zero-order valence-corrected chi connectivity index (χ0v) is 13.7. The molecule has 7 heteroatoms. The average molecular weight is 351 g/mol. The van der Waals surface area contributed by atoms with Crippen LogP contribution in [0.4, 0.5) is 4.39 Å². The van der Waals surface area contributed by atoms with Crippen molar-refractivity contribution in [1.82, 2.24) is 4.72 Å². The Labute approximate surface area is 140 Å². The van der Waals surface area contributed by atoms with Crippen LogP contribution in [0, 0.1) is 5.82 Å². The third-order valence-corrected chi connectivity index (χ3v) is 5.31. The first-order chi connectivity index (χ1) is 11.4. The topological polar surface area (TPSA) is 75.6 Å². The van der Waals surface area contributed by atoms with Gasteiger partial charge in [0.1, 0.15) is 17.2 Å². The summed E-state index contributed by atoms with van der Waals surface area (Å²) in [6, 6.07) is 12.3. The smallest absolute Gasteiger partial charge is 0.215 e. The molecule has 3 rings (SSSR count). The Hall–Kier alpha value is -1.96. The number of para-hydroxylation sites is 1. The Bertz CT molecular complexity index is 823. The van der Waals surface area contributed by atoms with Crippen molar-refractivity contribution in [2.24, 2.45) is 0 Å². The maximum absolute atomic E-state index is 12.9. The lowest BCUT2D eigenvalue weighted by molar-refractivity contribution is 0.00218. The van der Waals surface area contributed by atoms with Crippen molar-refractivity contribution in [3.05, 3.63) is 65.5 Å². The van der Waals surface area contributed by atoms with E-state index in [2.05, 4.69) is 4.72 Å². The summed E-state index contributed by atoms with van der Waals surface area (Å²) < 4.78 is 45.3. The van der Waals surface area contributed by atoms with Crippen molar-refractivity contribution >= 4 is 10.0 Å². The molecule has 0 aromatic heterocycles. The summed E-state index contributed by atoms with van der Waals surface area (Å²) in [7, 11) is -3.66. The fraction of sp³-hybridized carbons (Fsp3) is 0.294. The van der Waals surface area contributed by atoms with Gasteiger partial charge < -0.3 is 9.84 Å². The Morgan fingerprint density at radius 2 is 1.88 bits per heavy atom. The van der Waals surface area contributed by atoms with Crippen molar-refractivity contribution in [3.63, 3.8) is 0 Å². The number of ether oxygens (including phenoxy) is 1. The van der Waals surface area contributed by atoms with Gasteiger partial charge in [-0.25, -0.2) is 17.5 Å². The molecular weight excluding hydrogens is 333 g/mol. The van der Waals surface area contributed by atoms with Crippen molar-refractivity contribution in [1.29, 1.82) is 0 Å². The molecule has 0 spiro atoms. The molecule has 0 bridgehead atoms. The van der Waals surface area contributed by atoms with Crippen LogP contribution in [0.3, 0.4) is 0 Å². The highest BCUT2D eigenvalue weighted by molar-refractivity contribution is 7.88. The van der Waals surface area contributed by atoms with E-state index in [4.69, 9.17) is 4.74 Å². The Balaban J connectivity index is 1.72. The molecule has 0 amide bonds. The highest BCUT2D eigenvalue weighted by Gasteiger charge is 2.36. The van der Waals surface area contributed by atoms with Gasteiger partial charge in [-0.3, -0.25) is 0 Å². The van der Waals surface area contributed by atoms with Crippen molar-refractivity contribution < 1.29 is 22.7 Å². The number of aliphatic hydroxyl groups is 1. The first kappa shape index (κ1) is 16.9. The predicted molar refractivity (Wildman–Crippen MR) is 87.5 cm³/mol. The molecule has 0 aliphatic carbocycles. The molecule has 2 aromatic carbocycles. The fourth-order valence-electron chi connectivity index (χ4n) is 2.71. The first-order valence-electron chi connectivity index (χ1n) is 7.54. The number of rotatable bonds is 5. The van der Waals surface area contributed by atoms with Crippen LogP contribution >= 0.6 is 0 Å². The summed E-state index contributed by atoms with van der Waals surface area (Å²) in [5, 5.41) is 10.8. The van der Waals surface area contributed by atoms with Crippen molar-refractivity contribution in [3.8, 4) is 5.75 Å². The number of halogens is 1. The molecule has 1 aliphatic rings. The summed E-state index contributed by atoms with van der Waals surface area (Å²) in [5.41, 5.74) is -0.269. The van der Waals surface area contributed by atoms with Gasteiger partial charge in [0.25, 0.3) is 0 Å². The zero-order chi connectivity index (χ0) is 17.2. The largest absolute Gasteiger partial charge is 0.493 e. The van der Waals surface area contributed by atoms with Gasteiger partial charge in [-0.2, -0.15) is 0 Å². The lowest BCUT2D eigenvalue weighted by atomic mass is 9.88. The molecule has 1 heterocycles. The molecule has 24 heavy (non-hydrogen) atoms. The maximum atomic E-state index is 12.9. The minimum absolute atomic E-state index is 0.142. The molecule has 5 nitrogen and oxygen atoms in total. The van der Waals surface area contributed by atoms with Crippen LogP contribution in [0.2, 0.25) is 0 Å². The molecule has 1 aliphatic heterocycles. The van der Waals surface area contributed by atoms with Crippen LogP contribution in [-0.2, 0) is 21.4 Å². The lowest BCUT2D eigenvalue weighted by Crippen LogP contribution is -2.44. The number of benzene rings is 2. The second-order valence-electron chi connectivity index (χ2n) is 5.83. The van der Waals surface area contributed by atoms with E-state index >= 15 is 0 Å². The van der Waals surface area contributed by atoms with Gasteiger partial charge in [-0.05, 0) is 23.8 Å². The Kier molecular flexibility index (Phi) is 4.58. The summed E-state index contributed by atoms with van der Waals surface area (Å²) in [6.07, 6.45) is 0.295. The summed E-state index contributed by atoms with van der Waals surface area (Å²) in [6.45, 7) is 0.171. The van der Waals surface area contributed by atoms with Crippen molar-refractivity contribution in [2.45, 2.75) is 17.8 Å². The van der Waals surface area contributed by atoms with Gasteiger partial charge in [0.15, 0.2) is 0 Å². The van der Waals surface area contributed by atoms with Crippen LogP contribution < -0.4 is 9.46 Å². The lowest BCUT2D eigenvalue weighted by Gasteiger charge is -2.34. The normalized spacial score (nSPS) is 20.2. The van der Waals surface area contributed by atoms with E-state index in [1.54, 1.807) is 24.3 Å². The van der Waals surface area contributed by atoms with E-state index in [1.807, 2.05) is 0 Å². The van der Waals surface area contributed by atoms with Crippen LogP contribution in [0.25, 0.3) is 0 Å². The maximum Gasteiger partial charge on any atom is 0.215 e. The number of nitrogens with one attached hydrogen (secondary N) is 1. The van der Waals surface area contributed by atoms with Crippen LogP contribution in [-0.4, -0.2) is 26.7 Å². The van der Waals surface area contributed by atoms with E-state index in [0.29, 0.717) is 29.9 Å². The van der Waals surface area contributed by atoms with Gasteiger partial charge >= 0.3 is 0 Å². The Morgan fingerprint density at radius 3 is 2.62 bits per heavy atom. The second-order valence-corrected chi connectivity index (χ2v) is 7.64. The third kappa shape index (κ3) is 3.75. The van der Waals surface area contributed by atoms with Gasteiger partial charge in [-0.15, -0.1) is 0 Å². The molecule has 0 radical (unpaired) electrons. The molecule has 2 aromatic rings. The molecule has 1 unspecified atom stereocenters. The highest BCUT2D eigenvalue weighted by atomic mass is 32.2. The van der Waals surface area contributed by atoms with E-state index in [0.717, 1.165) is 0 Å². The summed E-state index contributed by atoms with van der Waals surface area (Å²) >= 11 is 0. The van der Waals surface area contributed by atoms with Crippen LogP contribution in [0.5, 0.6) is 5.75 Å². The number of fused-ring (bicyclic) bond motifs is 1. The third-order valence-electron chi connectivity index (χ3n) is 4.02. The van der Waals surface area contributed by atoms with Gasteiger partial charge in [-0.1, -0.05) is 30.3 Å². The molecular formula is C17H18FNO4S. The van der Waals surface area contributed by atoms with Crippen molar-refractivity contribution in [2.75, 3.05) is 13.2 Å². The summed E-state index contributed by atoms with van der Waals surface area (Å²) in [5.74, 6) is -0.136. The van der Waals surface area contributed by atoms with E-state index in [1.165, 1.54) is 24.3 Å². The number of hydrogen-bond donors (Lipinski definition) is 2. The summed E-state index contributed by atoms with van der Waals surface area (Å²) in [4.78, 5) is 0. The van der Waals surface area contributed by atoms with Gasteiger partial charge in [0, 0.05) is 18.5 Å². The first-order valence-corrected chi connectivity index (χ1v) is 9.20. The van der Waals surface area contributed by atoms with Crippen LogP contribution in [0.15, 0.2) is 48.5 Å². The fourth-order valence-corrected chi connectivity index (χ4v) is 3.90. The minimum atomic E-state index is -3.66. The Morgan fingerprint density at radius 1 is 1.17 bits per heavy atom. The molecule has 128 valence electrons. The van der Waals surface area contributed by atoms with E-state index < -0.39 is 21.4 Å². The minimum Gasteiger partial charge on any atom is -0.493 e. The molecule has 2 N–H and O–H groups in total. The number of sulfonamides is 1. The molecule has 0 saturated carbocycles. The zero-order valence-electron chi connectivity index (χ0n) is 12.9. The van der Waals surface area contributed by atoms with Gasteiger partial charge in [0.2, 0.25) is 10.0 Å². The molecule has 1 atom stereocenters. The molecule has 0 saturated heterocycles. The standard InChI is InChI=1S/C17H18FNO4S/c18-14-7-5-13(6-8-14)11-24(21,22)19-12-17(20)9-10-23-16-4-2-1-3-15(16)17/h1-8,19-20H,9-12H2. The van der Waals surface area contributed by atoms with Gasteiger partial charge in [0.05, 0.1) is 12.4 Å². The second kappa shape index (κ2) is 6.51. The molecule has 0 fully saturated rings. The quantitative estimate of drug-likeness (QED) is 0.863. The van der Waals surface area contributed by atoms with E-state index in [-0.39, 0.29) is 12.3 Å².